The van der Waals surface area contributed by atoms with Gasteiger partial charge in [-0.1, -0.05) is 18.2 Å². The van der Waals surface area contributed by atoms with E-state index in [-0.39, 0.29) is 24.2 Å². The quantitative estimate of drug-likeness (QED) is 0.651. The molecule has 1 aliphatic heterocycles. The third-order valence-corrected chi connectivity index (χ3v) is 5.89. The number of imidazole rings is 1. The van der Waals surface area contributed by atoms with Gasteiger partial charge in [0, 0.05) is 32.9 Å². The summed E-state index contributed by atoms with van der Waals surface area (Å²) in [6, 6.07) is 14.9. The highest BCUT2D eigenvalue weighted by Gasteiger charge is 2.40. The first-order chi connectivity index (χ1) is 14.7. The number of aromatic nitrogens is 2. The van der Waals surface area contributed by atoms with Gasteiger partial charge in [-0.2, -0.15) is 0 Å². The Bertz CT molecular complexity index is 1150. The standard InChI is InChI=1S/C23H28N4O4/c1-23(30)15-27(12-11-20(23)31-17-7-5-4-6-8-17)14-21(28)24-16-9-10-18-19(13-16)26(3)22(29)25(18)2/h4-10,13,20,30H,11-12,14-15H2,1-3H3,(H,24,28)/t20-,23-/m0/s1. The lowest BCUT2D eigenvalue weighted by atomic mass is 9.91. The van der Waals surface area contributed by atoms with Gasteiger partial charge in [0.1, 0.15) is 17.5 Å². The number of fused-ring (bicyclic) bond motifs is 1. The molecule has 2 atom stereocenters. The smallest absolute Gasteiger partial charge is 0.328 e. The maximum atomic E-state index is 12.6. The van der Waals surface area contributed by atoms with E-state index in [1.807, 2.05) is 41.3 Å². The van der Waals surface area contributed by atoms with Gasteiger partial charge in [-0.05, 0) is 43.7 Å². The highest BCUT2D eigenvalue weighted by atomic mass is 16.5. The molecule has 0 radical (unpaired) electrons. The van der Waals surface area contributed by atoms with Crippen LogP contribution in [0.15, 0.2) is 53.3 Å². The molecule has 31 heavy (non-hydrogen) atoms. The number of β-amino-alcohol motifs (C(OH)–C–C–N with tert-alkyl or cyclic N) is 1. The van der Waals surface area contributed by atoms with Crippen LogP contribution in [0.1, 0.15) is 13.3 Å². The van der Waals surface area contributed by atoms with Crippen LogP contribution in [0.5, 0.6) is 5.75 Å². The fourth-order valence-corrected chi connectivity index (χ4v) is 4.22. The molecule has 0 spiro atoms. The summed E-state index contributed by atoms with van der Waals surface area (Å²) >= 11 is 0. The molecule has 0 aliphatic carbocycles. The van der Waals surface area contributed by atoms with E-state index in [0.29, 0.717) is 25.2 Å². The molecular weight excluding hydrogens is 396 g/mol. The van der Waals surface area contributed by atoms with Gasteiger partial charge >= 0.3 is 5.69 Å². The molecule has 8 heteroatoms. The number of ether oxygens (including phenoxy) is 1. The predicted molar refractivity (Wildman–Crippen MR) is 119 cm³/mol. The molecule has 0 unspecified atom stereocenters. The molecule has 8 nitrogen and oxygen atoms in total. The minimum absolute atomic E-state index is 0.110. The Labute approximate surface area is 180 Å². The molecule has 1 fully saturated rings. The molecule has 164 valence electrons. The van der Waals surface area contributed by atoms with Crippen molar-refractivity contribution in [2.45, 2.75) is 25.0 Å². The summed E-state index contributed by atoms with van der Waals surface area (Å²) in [5, 5.41) is 13.8. The zero-order valence-corrected chi connectivity index (χ0v) is 18.0. The SMILES string of the molecule is Cn1c(=O)n(C)c2cc(NC(=O)CN3CC[C@H](Oc4ccccc4)[C@@](C)(O)C3)ccc21. The van der Waals surface area contributed by atoms with E-state index in [2.05, 4.69) is 5.32 Å². The molecular formula is C23H28N4O4. The van der Waals surface area contributed by atoms with Crippen molar-refractivity contribution in [1.29, 1.82) is 0 Å². The highest BCUT2D eigenvalue weighted by Crippen LogP contribution is 2.26. The van der Waals surface area contributed by atoms with E-state index in [1.54, 1.807) is 42.3 Å². The van der Waals surface area contributed by atoms with E-state index in [0.717, 1.165) is 16.8 Å². The summed E-state index contributed by atoms with van der Waals surface area (Å²) in [5.74, 6) is 0.559. The normalized spacial score (nSPS) is 21.9. The second-order valence-corrected chi connectivity index (χ2v) is 8.43. The Morgan fingerprint density at radius 2 is 1.87 bits per heavy atom. The largest absolute Gasteiger partial charge is 0.487 e. The van der Waals surface area contributed by atoms with Crippen LogP contribution in [0.2, 0.25) is 0 Å². The molecule has 4 rings (SSSR count). The fraction of sp³-hybridized carbons (Fsp3) is 0.391. The number of hydrogen-bond donors (Lipinski definition) is 2. The van der Waals surface area contributed by atoms with Gasteiger partial charge in [0.25, 0.3) is 0 Å². The third kappa shape index (κ3) is 4.35. The van der Waals surface area contributed by atoms with E-state index in [4.69, 9.17) is 4.74 Å². The topological polar surface area (TPSA) is 88.7 Å². The highest BCUT2D eigenvalue weighted by molar-refractivity contribution is 5.94. The molecule has 2 heterocycles. The molecule has 0 saturated carbocycles. The third-order valence-electron chi connectivity index (χ3n) is 5.89. The summed E-state index contributed by atoms with van der Waals surface area (Å²) in [4.78, 5) is 26.6. The van der Waals surface area contributed by atoms with Crippen molar-refractivity contribution >= 4 is 22.6 Å². The van der Waals surface area contributed by atoms with Gasteiger partial charge < -0.3 is 15.2 Å². The maximum Gasteiger partial charge on any atom is 0.328 e. The van der Waals surface area contributed by atoms with Gasteiger partial charge in [-0.25, -0.2) is 4.79 Å². The predicted octanol–water partition coefficient (Wildman–Crippen LogP) is 1.72. The van der Waals surface area contributed by atoms with Crippen molar-refractivity contribution in [2.75, 3.05) is 25.0 Å². The fourth-order valence-electron chi connectivity index (χ4n) is 4.22. The Morgan fingerprint density at radius 3 is 2.58 bits per heavy atom. The zero-order valence-electron chi connectivity index (χ0n) is 18.0. The van der Waals surface area contributed by atoms with Gasteiger partial charge in [0.2, 0.25) is 5.91 Å². The molecule has 2 N–H and O–H groups in total. The first-order valence-electron chi connectivity index (χ1n) is 10.4. The molecule has 1 aromatic heterocycles. The number of carbonyl (C=O) groups is 1. The van der Waals surface area contributed by atoms with Crippen LogP contribution < -0.4 is 15.7 Å². The first-order valence-corrected chi connectivity index (χ1v) is 10.4. The summed E-state index contributed by atoms with van der Waals surface area (Å²) in [5.41, 5.74) is 1.01. The van der Waals surface area contributed by atoms with Crippen molar-refractivity contribution in [3.63, 3.8) is 0 Å². The summed E-state index contributed by atoms with van der Waals surface area (Å²) in [6.45, 7) is 2.89. The Hall–Kier alpha value is -3.10. The van der Waals surface area contributed by atoms with E-state index in [1.165, 1.54) is 0 Å². The van der Waals surface area contributed by atoms with E-state index < -0.39 is 5.60 Å². The molecule has 1 aliphatic rings. The number of likely N-dealkylation sites (tertiary alicyclic amines) is 1. The van der Waals surface area contributed by atoms with Crippen molar-refractivity contribution in [3.05, 3.63) is 59.0 Å². The number of benzene rings is 2. The van der Waals surface area contributed by atoms with Crippen molar-refractivity contribution in [1.82, 2.24) is 14.0 Å². The number of amides is 1. The number of aliphatic hydroxyl groups is 1. The monoisotopic (exact) mass is 424 g/mol. The second-order valence-electron chi connectivity index (χ2n) is 8.43. The number of rotatable bonds is 5. The minimum Gasteiger partial charge on any atom is -0.487 e. The summed E-state index contributed by atoms with van der Waals surface area (Å²) in [7, 11) is 3.43. The Morgan fingerprint density at radius 1 is 1.16 bits per heavy atom. The van der Waals surface area contributed by atoms with Crippen LogP contribution in [0.4, 0.5) is 5.69 Å². The average Bonchev–Trinajstić information content (AvgIpc) is 2.94. The number of hydrogen-bond acceptors (Lipinski definition) is 5. The van der Waals surface area contributed by atoms with Crippen LogP contribution in [0, 0.1) is 0 Å². The van der Waals surface area contributed by atoms with Gasteiger partial charge in [-0.15, -0.1) is 0 Å². The summed E-state index contributed by atoms with van der Waals surface area (Å²) in [6.07, 6.45) is 0.281. The number of piperidine rings is 1. The number of anilines is 1. The zero-order chi connectivity index (χ0) is 22.2. The molecule has 3 aromatic rings. The first kappa shape index (κ1) is 21.1. The van der Waals surface area contributed by atoms with Crippen LogP contribution in [0.25, 0.3) is 11.0 Å². The van der Waals surface area contributed by atoms with Crippen LogP contribution >= 0.6 is 0 Å². The van der Waals surface area contributed by atoms with Crippen molar-refractivity contribution in [3.8, 4) is 5.75 Å². The molecule has 1 saturated heterocycles. The van der Waals surface area contributed by atoms with Crippen molar-refractivity contribution in [2.24, 2.45) is 14.1 Å². The van der Waals surface area contributed by atoms with Crippen molar-refractivity contribution < 1.29 is 14.6 Å². The van der Waals surface area contributed by atoms with E-state index >= 15 is 0 Å². The number of para-hydroxylation sites is 1. The van der Waals surface area contributed by atoms with Crippen LogP contribution in [-0.4, -0.2) is 56.4 Å². The number of aryl methyl sites for hydroxylation is 2. The summed E-state index contributed by atoms with van der Waals surface area (Å²) < 4.78 is 9.11. The average molecular weight is 425 g/mol. The minimum atomic E-state index is -1.07. The van der Waals surface area contributed by atoms with Gasteiger partial charge in [0.15, 0.2) is 0 Å². The van der Waals surface area contributed by atoms with Gasteiger partial charge in [0.05, 0.1) is 17.6 Å². The Kier molecular flexibility index (Phi) is 5.60. The lowest BCUT2D eigenvalue weighted by Crippen LogP contribution is -2.58. The number of nitrogens with one attached hydrogen (secondary N) is 1. The Balaban J connectivity index is 1.38. The lowest BCUT2D eigenvalue weighted by Gasteiger charge is -2.42. The lowest BCUT2D eigenvalue weighted by molar-refractivity contribution is -0.123. The molecule has 1 amide bonds. The van der Waals surface area contributed by atoms with E-state index in [9.17, 15) is 14.7 Å². The van der Waals surface area contributed by atoms with Crippen LogP contribution in [-0.2, 0) is 18.9 Å². The van der Waals surface area contributed by atoms with Gasteiger partial charge in [-0.3, -0.25) is 18.8 Å². The second kappa shape index (κ2) is 8.20. The number of carbonyl (C=O) groups excluding carboxylic acids is 1. The van der Waals surface area contributed by atoms with Crippen LogP contribution in [0.3, 0.4) is 0 Å². The molecule has 2 aromatic carbocycles. The molecule has 0 bridgehead atoms. The number of nitrogens with zero attached hydrogens (tertiary/aromatic N) is 3. The maximum absolute atomic E-state index is 12.6.